The fourth-order valence-electron chi connectivity index (χ4n) is 0.663. The van der Waals surface area contributed by atoms with Gasteiger partial charge in [-0.3, -0.25) is 0 Å². The maximum Gasteiger partial charge on any atom is -0.0395 e. The van der Waals surface area contributed by atoms with Crippen LogP contribution in [0.2, 0.25) is 0 Å². The Kier molecular flexibility index (Phi) is 3.49. The molecule has 1 atom stereocenters. The summed E-state index contributed by atoms with van der Waals surface area (Å²) in [5.41, 5.74) is 2.74. The van der Waals surface area contributed by atoms with Gasteiger partial charge in [-0.25, -0.2) is 0 Å². The molecule has 0 fully saturated rings. The molecule has 0 amide bonds. The second kappa shape index (κ2) is 3.63. The van der Waals surface area contributed by atoms with Crippen molar-refractivity contribution in [1.29, 1.82) is 0 Å². The van der Waals surface area contributed by atoms with Crippen molar-refractivity contribution in [3.8, 4) is 0 Å². The monoisotopic (exact) mass is 140 g/mol. The van der Waals surface area contributed by atoms with Crippen molar-refractivity contribution in [3.05, 3.63) is 35.4 Å². The lowest BCUT2D eigenvalue weighted by molar-refractivity contribution is 1.34. The molecule has 0 aliphatic heterocycles. The van der Waals surface area contributed by atoms with Crippen LogP contribution >= 0.6 is 9.90 Å². The van der Waals surface area contributed by atoms with Crippen LogP contribution in [-0.4, -0.2) is 0 Å². The van der Waals surface area contributed by atoms with Gasteiger partial charge in [0.05, 0.1) is 0 Å². The lowest BCUT2D eigenvalue weighted by atomic mass is 10.1. The third kappa shape index (κ3) is 2.15. The predicted molar refractivity (Wildman–Crippen MR) is 47.0 cm³/mol. The molecule has 1 heteroatoms. The average Bonchev–Trinajstić information content (AvgIpc) is 1.77. The van der Waals surface area contributed by atoms with Gasteiger partial charge in [0.1, 0.15) is 0 Å². The van der Waals surface area contributed by atoms with Gasteiger partial charge in [0, 0.05) is 0 Å². The van der Waals surface area contributed by atoms with E-state index in [1.807, 2.05) is 0 Å². The highest BCUT2D eigenvalue weighted by atomic mass is 31.0. The zero-order valence-corrected chi connectivity index (χ0v) is 7.43. The maximum absolute atomic E-state index is 2.12. The van der Waals surface area contributed by atoms with Crippen LogP contribution in [0.3, 0.4) is 0 Å². The largest absolute Gasteiger partial charge is 0.153 e. The van der Waals surface area contributed by atoms with Crippen LogP contribution in [0.1, 0.15) is 11.1 Å². The Hall–Kier alpha value is -0.350. The van der Waals surface area contributed by atoms with E-state index in [0.717, 1.165) is 0 Å². The minimum absolute atomic E-state index is 0. The average molecular weight is 140 g/mol. The molecule has 0 radical (unpaired) electrons. The van der Waals surface area contributed by atoms with Crippen molar-refractivity contribution >= 4 is 9.90 Å². The van der Waals surface area contributed by atoms with Gasteiger partial charge in [-0.05, 0) is 25.0 Å². The summed E-state index contributed by atoms with van der Waals surface area (Å²) < 4.78 is 0. The van der Waals surface area contributed by atoms with E-state index in [2.05, 4.69) is 38.1 Å². The second-order valence-electron chi connectivity index (χ2n) is 2.08. The number of benzene rings is 1. The van der Waals surface area contributed by atoms with Gasteiger partial charge in [-0.1, -0.05) is 24.3 Å². The SMILES string of the molecule is Cc1ccccc1C.P. The third-order valence-corrected chi connectivity index (χ3v) is 1.43. The summed E-state index contributed by atoms with van der Waals surface area (Å²) in [6.07, 6.45) is 0. The summed E-state index contributed by atoms with van der Waals surface area (Å²) in [5.74, 6) is 0. The summed E-state index contributed by atoms with van der Waals surface area (Å²) in [5, 5.41) is 0. The Morgan fingerprint density at radius 2 is 1.22 bits per heavy atom. The van der Waals surface area contributed by atoms with Crippen molar-refractivity contribution in [2.24, 2.45) is 0 Å². The maximum atomic E-state index is 2.12. The minimum atomic E-state index is 0. The first kappa shape index (κ1) is 8.65. The number of rotatable bonds is 0. The van der Waals surface area contributed by atoms with Crippen LogP contribution in [0.5, 0.6) is 0 Å². The number of hydrogen-bond acceptors (Lipinski definition) is 0. The molecular formula is C8H13P. The summed E-state index contributed by atoms with van der Waals surface area (Å²) in [6.45, 7) is 4.24. The van der Waals surface area contributed by atoms with Crippen LogP contribution in [-0.2, 0) is 0 Å². The first-order valence-electron chi connectivity index (χ1n) is 2.83. The van der Waals surface area contributed by atoms with E-state index < -0.39 is 0 Å². The van der Waals surface area contributed by atoms with Gasteiger partial charge >= 0.3 is 0 Å². The minimum Gasteiger partial charge on any atom is -0.153 e. The van der Waals surface area contributed by atoms with Crippen LogP contribution in [0, 0.1) is 13.8 Å². The van der Waals surface area contributed by atoms with E-state index in [0.29, 0.717) is 0 Å². The van der Waals surface area contributed by atoms with Gasteiger partial charge in [0.25, 0.3) is 0 Å². The fourth-order valence-corrected chi connectivity index (χ4v) is 0.663. The molecule has 0 saturated carbocycles. The smallest absolute Gasteiger partial charge is 0.0395 e. The molecule has 1 unspecified atom stereocenters. The summed E-state index contributed by atoms with van der Waals surface area (Å²) in [4.78, 5) is 0. The molecule has 0 aromatic heterocycles. The molecule has 0 aliphatic rings. The Labute approximate surface area is 59.9 Å². The van der Waals surface area contributed by atoms with Crippen LogP contribution < -0.4 is 0 Å². The standard InChI is InChI=1S/C8H10.H3P/c1-7-5-3-4-6-8(7)2;/h3-6H,1-2H3;1H3. The normalized spacial score (nSPS) is 8.22. The number of hydrogen-bond donors (Lipinski definition) is 0. The van der Waals surface area contributed by atoms with E-state index in [9.17, 15) is 0 Å². The summed E-state index contributed by atoms with van der Waals surface area (Å²) in [7, 11) is 0. The van der Waals surface area contributed by atoms with E-state index in [-0.39, 0.29) is 9.90 Å². The molecule has 0 aliphatic carbocycles. The number of aryl methyl sites for hydroxylation is 2. The molecule has 1 rings (SSSR count). The summed E-state index contributed by atoms with van der Waals surface area (Å²) in [6, 6.07) is 8.36. The first-order chi connectivity index (χ1) is 3.80. The highest BCUT2D eigenvalue weighted by molar-refractivity contribution is 6.92. The molecule has 0 N–H and O–H groups in total. The molecule has 0 heterocycles. The van der Waals surface area contributed by atoms with Gasteiger partial charge in [-0.2, -0.15) is 9.90 Å². The molecule has 50 valence electrons. The molecule has 0 bridgehead atoms. The van der Waals surface area contributed by atoms with Gasteiger partial charge in [0.2, 0.25) is 0 Å². The Morgan fingerprint density at radius 3 is 1.44 bits per heavy atom. The second-order valence-corrected chi connectivity index (χ2v) is 2.08. The zero-order valence-electron chi connectivity index (χ0n) is 6.02. The van der Waals surface area contributed by atoms with Crippen molar-refractivity contribution in [1.82, 2.24) is 0 Å². The third-order valence-electron chi connectivity index (χ3n) is 1.43. The Morgan fingerprint density at radius 1 is 0.889 bits per heavy atom. The zero-order chi connectivity index (χ0) is 5.98. The summed E-state index contributed by atoms with van der Waals surface area (Å²) >= 11 is 0. The fraction of sp³-hybridized carbons (Fsp3) is 0.250. The topological polar surface area (TPSA) is 0 Å². The highest BCUT2D eigenvalue weighted by Gasteiger charge is 1.83. The molecule has 1 aromatic carbocycles. The van der Waals surface area contributed by atoms with E-state index in [4.69, 9.17) is 0 Å². The quantitative estimate of drug-likeness (QED) is 0.485. The van der Waals surface area contributed by atoms with Gasteiger partial charge < -0.3 is 0 Å². The lowest BCUT2D eigenvalue weighted by Crippen LogP contribution is -1.74. The van der Waals surface area contributed by atoms with Gasteiger partial charge in [-0.15, -0.1) is 0 Å². The highest BCUT2D eigenvalue weighted by Crippen LogP contribution is 2.02. The lowest BCUT2D eigenvalue weighted by Gasteiger charge is -1.93. The van der Waals surface area contributed by atoms with Crippen LogP contribution in [0.25, 0.3) is 0 Å². The van der Waals surface area contributed by atoms with Crippen molar-refractivity contribution < 1.29 is 0 Å². The van der Waals surface area contributed by atoms with E-state index in [1.54, 1.807) is 0 Å². The van der Waals surface area contributed by atoms with Crippen molar-refractivity contribution in [2.45, 2.75) is 13.8 Å². The Balaban J connectivity index is 0.000000640. The van der Waals surface area contributed by atoms with E-state index >= 15 is 0 Å². The predicted octanol–water partition coefficient (Wildman–Crippen LogP) is 2.36. The molecule has 9 heavy (non-hydrogen) atoms. The molecule has 1 aromatic rings. The Bertz CT molecular complexity index is 161. The molecule has 0 saturated heterocycles. The van der Waals surface area contributed by atoms with Crippen LogP contribution in [0.4, 0.5) is 0 Å². The van der Waals surface area contributed by atoms with Crippen molar-refractivity contribution in [2.75, 3.05) is 0 Å². The van der Waals surface area contributed by atoms with Crippen LogP contribution in [0.15, 0.2) is 24.3 Å². The van der Waals surface area contributed by atoms with Crippen molar-refractivity contribution in [3.63, 3.8) is 0 Å². The molecule has 0 spiro atoms. The molecular weight excluding hydrogens is 127 g/mol. The van der Waals surface area contributed by atoms with E-state index in [1.165, 1.54) is 11.1 Å². The van der Waals surface area contributed by atoms with Gasteiger partial charge in [0.15, 0.2) is 0 Å². The molecule has 0 nitrogen and oxygen atoms in total. The first-order valence-corrected chi connectivity index (χ1v) is 2.83.